The SMILES string of the molecule is Cl.Cl.O=C(NO)C1(S(=O)(=O)c2ccc(-c3cnc(CCC(F)(F)C(F)(F)F)cn3)cc2)CCN(C2CC2)CC1.O=C(NOC1CCCCO1)C1(S(=O)(=O)c2ccc(-c3cnc(CCC(F)(F)C(F)(F)F)cn3)cc2)CCN(C2CC2)CC1. The molecule has 5 fully saturated rings. The summed E-state index contributed by atoms with van der Waals surface area (Å²) in [6.07, 6.45) is -4.74. The van der Waals surface area contributed by atoms with Crippen LogP contribution in [0.3, 0.4) is 0 Å². The highest BCUT2D eigenvalue weighted by Crippen LogP contribution is 2.43. The maximum atomic E-state index is 14.1. The zero-order valence-corrected chi connectivity index (χ0v) is 46.9. The number of likely N-dealkylation sites (tertiary alicyclic amines) is 2. The van der Waals surface area contributed by atoms with Crippen LogP contribution >= 0.6 is 24.8 Å². The minimum absolute atomic E-state index is 0. The summed E-state index contributed by atoms with van der Waals surface area (Å²) in [6.45, 7) is 2.21. The van der Waals surface area contributed by atoms with Crippen molar-refractivity contribution in [2.45, 2.75) is 158 Å². The van der Waals surface area contributed by atoms with Gasteiger partial charge in [0.1, 0.15) is 0 Å². The molecule has 2 aromatic heterocycles. The predicted molar refractivity (Wildman–Crippen MR) is 278 cm³/mol. The molecule has 454 valence electrons. The molecule has 1 unspecified atom stereocenters. The molecule has 3 N–H and O–H groups in total. The van der Waals surface area contributed by atoms with Crippen molar-refractivity contribution in [3.05, 3.63) is 84.7 Å². The van der Waals surface area contributed by atoms with E-state index >= 15 is 0 Å². The number of nitrogens with zero attached hydrogens (tertiary/aromatic N) is 6. The lowest BCUT2D eigenvalue weighted by atomic mass is 9.94. The molecule has 4 aromatic rings. The number of ether oxygens (including phenoxy) is 1. The molecule has 3 aliphatic heterocycles. The third-order valence-corrected chi connectivity index (χ3v) is 20.3. The quantitative estimate of drug-likeness (QED) is 0.0480. The van der Waals surface area contributed by atoms with Gasteiger partial charge in [-0.25, -0.2) is 32.6 Å². The second-order valence-electron chi connectivity index (χ2n) is 20.6. The Kier molecular flexibility index (Phi) is 21.1. The van der Waals surface area contributed by atoms with Crippen molar-refractivity contribution in [2.24, 2.45) is 0 Å². The number of amides is 2. The molecule has 1 atom stereocenters. The largest absolute Gasteiger partial charge is 0.453 e. The minimum atomic E-state index is -5.65. The van der Waals surface area contributed by atoms with Crippen molar-refractivity contribution in [3.8, 4) is 22.5 Å². The van der Waals surface area contributed by atoms with Crippen LogP contribution in [0.4, 0.5) is 43.9 Å². The molecule has 3 saturated heterocycles. The van der Waals surface area contributed by atoms with E-state index in [4.69, 9.17) is 9.57 Å². The first-order valence-electron chi connectivity index (χ1n) is 25.8. The topological polar surface area (TPSA) is 223 Å². The van der Waals surface area contributed by atoms with Gasteiger partial charge in [-0.1, -0.05) is 24.3 Å². The summed E-state index contributed by atoms with van der Waals surface area (Å²) < 4.78 is 184. The first-order valence-corrected chi connectivity index (χ1v) is 28.8. The van der Waals surface area contributed by atoms with Crippen LogP contribution in [-0.4, -0.2) is 148 Å². The van der Waals surface area contributed by atoms with Crippen LogP contribution in [0.25, 0.3) is 22.5 Å². The van der Waals surface area contributed by atoms with Gasteiger partial charge in [0.2, 0.25) is 0 Å². The van der Waals surface area contributed by atoms with Gasteiger partial charge in [-0.15, -0.1) is 24.8 Å². The molecule has 31 heteroatoms. The number of aryl methyl sites for hydroxylation is 2. The van der Waals surface area contributed by atoms with Crippen molar-refractivity contribution in [1.29, 1.82) is 0 Å². The summed E-state index contributed by atoms with van der Waals surface area (Å²) in [5.74, 6) is -11.4. The molecule has 0 bridgehead atoms. The minimum Gasteiger partial charge on any atom is -0.350 e. The summed E-state index contributed by atoms with van der Waals surface area (Å²) in [7, 11) is -8.40. The number of carbonyl (C=O) groups excluding carboxylic acids is 2. The van der Waals surface area contributed by atoms with E-state index in [0.29, 0.717) is 62.4 Å². The van der Waals surface area contributed by atoms with Crippen molar-refractivity contribution in [2.75, 3.05) is 32.8 Å². The van der Waals surface area contributed by atoms with Gasteiger partial charge in [0.25, 0.3) is 11.8 Å². The van der Waals surface area contributed by atoms with Crippen molar-refractivity contribution in [1.82, 2.24) is 40.7 Å². The number of carbonyl (C=O) groups is 2. The molecular formula is C51H60Cl2F10N8O9S2. The first-order chi connectivity index (χ1) is 37.6. The van der Waals surface area contributed by atoms with Gasteiger partial charge in [-0.3, -0.25) is 34.7 Å². The molecule has 5 aliphatic rings. The number of halogens is 12. The number of piperidine rings is 2. The highest BCUT2D eigenvalue weighted by Gasteiger charge is 2.59. The Balaban J connectivity index is 0.000000260. The van der Waals surface area contributed by atoms with Crippen LogP contribution < -0.4 is 11.0 Å². The molecule has 9 rings (SSSR count). The lowest BCUT2D eigenvalue weighted by molar-refractivity contribution is -0.284. The number of nitrogens with one attached hydrogen (secondary N) is 2. The van der Waals surface area contributed by atoms with Crippen molar-refractivity contribution >= 4 is 56.3 Å². The summed E-state index contributed by atoms with van der Waals surface area (Å²) in [5, 5.41) is 9.30. The molecule has 2 saturated carbocycles. The van der Waals surface area contributed by atoms with Crippen LogP contribution in [-0.2, 0) is 51.7 Å². The number of rotatable bonds is 18. The maximum absolute atomic E-state index is 14.1. The Hall–Kier alpha value is -4.88. The number of sulfone groups is 2. The fraction of sp³-hybridized carbons (Fsp3) is 0.569. The Labute approximate surface area is 478 Å². The van der Waals surface area contributed by atoms with Crippen molar-refractivity contribution < 1.29 is 85.1 Å². The number of hydroxylamine groups is 2. The summed E-state index contributed by atoms with van der Waals surface area (Å²) in [6, 6.07) is 11.9. The van der Waals surface area contributed by atoms with Gasteiger partial charge in [0.05, 0.1) is 45.0 Å². The van der Waals surface area contributed by atoms with E-state index in [1.165, 1.54) is 66.4 Å². The second kappa shape index (κ2) is 26.2. The number of hydrogen-bond acceptors (Lipinski definition) is 15. The molecule has 0 spiro atoms. The van der Waals surface area contributed by atoms with Crippen LogP contribution in [0.1, 0.15) is 94.9 Å². The van der Waals surface area contributed by atoms with Crippen LogP contribution in [0, 0.1) is 0 Å². The molecule has 82 heavy (non-hydrogen) atoms. The van der Waals surface area contributed by atoms with Gasteiger partial charge in [-0.2, -0.15) is 43.9 Å². The fourth-order valence-corrected chi connectivity index (χ4v) is 13.8. The number of benzene rings is 2. The fourth-order valence-electron chi connectivity index (χ4n) is 9.91. The van der Waals surface area contributed by atoms with E-state index in [9.17, 15) is 75.5 Å². The molecule has 17 nitrogen and oxygen atoms in total. The van der Waals surface area contributed by atoms with Crippen molar-refractivity contribution in [3.63, 3.8) is 0 Å². The molecule has 0 radical (unpaired) electrons. The van der Waals surface area contributed by atoms with Crippen LogP contribution in [0.2, 0.25) is 0 Å². The Morgan fingerprint density at radius 1 is 0.585 bits per heavy atom. The average Bonchev–Trinajstić information content (AvgIpc) is 4.52. The maximum Gasteiger partial charge on any atom is 0.453 e. The van der Waals surface area contributed by atoms with E-state index in [-0.39, 0.29) is 83.1 Å². The van der Waals surface area contributed by atoms with E-state index in [0.717, 1.165) is 50.9 Å². The molecular weight excluding hydrogens is 1190 g/mol. The highest BCUT2D eigenvalue weighted by atomic mass is 35.5. The molecule has 5 heterocycles. The average molecular weight is 1250 g/mol. The van der Waals surface area contributed by atoms with E-state index < -0.39 is 97.2 Å². The normalized spacial score (nSPS) is 20.0. The van der Waals surface area contributed by atoms with Gasteiger partial charge in [0, 0.05) is 87.7 Å². The van der Waals surface area contributed by atoms with Gasteiger partial charge >= 0.3 is 24.2 Å². The third kappa shape index (κ3) is 14.6. The first kappa shape index (κ1) is 66.3. The van der Waals surface area contributed by atoms with E-state index in [2.05, 4.69) is 35.2 Å². The monoisotopic (exact) mass is 1250 g/mol. The second-order valence-corrected chi connectivity index (χ2v) is 25.1. The summed E-state index contributed by atoms with van der Waals surface area (Å²) >= 11 is 0. The standard InChI is InChI=1S/C28H33F5N4O5S.C23H25F5N4O4S.2ClH/c29-27(30,28(31,32)33)11-10-20-17-35-23(18-34-20)19-4-8-22(9-5-19)43(39,40)26(12-14-37(15-13-26)21-6-7-21)25(38)36-42-24-3-1-2-16-41-24;24-22(25,23(26,27)28)8-7-16-13-30-19(14-29-16)15-1-5-18(6-2-15)37(35,36)21(20(33)31-34)9-11-32(12-10-21)17-3-4-17;;/h4-5,8-9,17-18,21,24H,1-3,6-7,10-16H2,(H,36,38);1-2,5-6,13-14,17,34H,3-4,7-12H2,(H,31,33);2*1H. The Morgan fingerprint density at radius 2 is 0.976 bits per heavy atom. The smallest absolute Gasteiger partial charge is 0.350 e. The number of aromatic nitrogens is 4. The van der Waals surface area contributed by atoms with E-state index in [1.807, 2.05) is 0 Å². The summed E-state index contributed by atoms with van der Waals surface area (Å²) in [4.78, 5) is 51.7. The summed E-state index contributed by atoms with van der Waals surface area (Å²) in [5.41, 5.74) is 5.17. The highest BCUT2D eigenvalue weighted by molar-refractivity contribution is 7.94. The Bertz CT molecular complexity index is 3020. The molecule has 2 aliphatic carbocycles. The Morgan fingerprint density at radius 3 is 1.29 bits per heavy atom. The van der Waals surface area contributed by atoms with Crippen LogP contribution in [0.5, 0.6) is 0 Å². The van der Waals surface area contributed by atoms with Gasteiger partial charge < -0.3 is 14.5 Å². The van der Waals surface area contributed by atoms with E-state index in [1.54, 1.807) is 0 Å². The van der Waals surface area contributed by atoms with Crippen LogP contribution in [0.15, 0.2) is 83.1 Å². The zero-order chi connectivity index (χ0) is 57.9. The zero-order valence-electron chi connectivity index (χ0n) is 43.6. The number of hydrogen-bond donors (Lipinski definition) is 3. The number of alkyl halides is 10. The molecule has 2 amide bonds. The lowest BCUT2D eigenvalue weighted by Crippen LogP contribution is -2.58. The van der Waals surface area contributed by atoms with Gasteiger partial charge in [-0.05, 0) is 101 Å². The van der Waals surface area contributed by atoms with Gasteiger partial charge in [0.15, 0.2) is 35.5 Å². The molecule has 2 aromatic carbocycles. The predicted octanol–water partition coefficient (Wildman–Crippen LogP) is 9.01. The third-order valence-electron chi connectivity index (χ3n) is 15.3. The lowest BCUT2D eigenvalue weighted by Gasteiger charge is -2.40.